The molecule has 1 heterocycles. The van der Waals surface area contributed by atoms with E-state index in [4.69, 9.17) is 4.74 Å². The summed E-state index contributed by atoms with van der Waals surface area (Å²) in [5, 5.41) is 0.872. The Morgan fingerprint density at radius 1 is 1.16 bits per heavy atom. The van der Waals surface area contributed by atoms with Crippen LogP contribution in [0.15, 0.2) is 60.8 Å². The third-order valence-corrected chi connectivity index (χ3v) is 3.96. The summed E-state index contributed by atoms with van der Waals surface area (Å²) in [6, 6.07) is 15.9. The van der Waals surface area contributed by atoms with E-state index in [0.717, 1.165) is 22.8 Å². The first kappa shape index (κ1) is 16.7. The Labute approximate surface area is 146 Å². The van der Waals surface area contributed by atoms with Gasteiger partial charge in [-0.05, 0) is 36.3 Å². The van der Waals surface area contributed by atoms with Gasteiger partial charge in [0, 0.05) is 35.3 Å². The molecule has 4 nitrogen and oxygen atoms in total. The van der Waals surface area contributed by atoms with Gasteiger partial charge in [0.05, 0.1) is 6.61 Å². The summed E-state index contributed by atoms with van der Waals surface area (Å²) in [5.41, 5.74) is 3.64. The smallest absolute Gasteiger partial charge is 0.330 e. The van der Waals surface area contributed by atoms with Crippen molar-refractivity contribution >= 4 is 29.2 Å². The van der Waals surface area contributed by atoms with Gasteiger partial charge in [0.25, 0.3) is 0 Å². The molecule has 0 radical (unpaired) electrons. The Kier molecular flexibility index (Phi) is 5.09. The number of esters is 1. The molecule has 0 atom stereocenters. The van der Waals surface area contributed by atoms with Crippen LogP contribution in [0.25, 0.3) is 17.0 Å². The number of nitrogens with zero attached hydrogens (tertiary/aromatic N) is 1. The van der Waals surface area contributed by atoms with E-state index in [1.54, 1.807) is 13.0 Å². The highest BCUT2D eigenvalue weighted by atomic mass is 16.5. The number of hydrogen-bond acceptors (Lipinski definition) is 3. The van der Waals surface area contributed by atoms with E-state index in [-0.39, 0.29) is 5.97 Å². The zero-order valence-electron chi connectivity index (χ0n) is 14.0. The topological polar surface area (TPSA) is 48.3 Å². The quantitative estimate of drug-likeness (QED) is 0.388. The van der Waals surface area contributed by atoms with Crippen molar-refractivity contribution in [2.45, 2.75) is 13.5 Å². The first-order valence-corrected chi connectivity index (χ1v) is 8.18. The van der Waals surface area contributed by atoms with Gasteiger partial charge in [-0.3, -0.25) is 4.79 Å². The fourth-order valence-electron chi connectivity index (χ4n) is 2.81. The van der Waals surface area contributed by atoms with Crippen molar-refractivity contribution in [1.82, 2.24) is 4.57 Å². The van der Waals surface area contributed by atoms with Crippen molar-refractivity contribution in [2.24, 2.45) is 0 Å². The molecular weight excluding hydrogens is 314 g/mol. The number of hydrogen-bond donors (Lipinski definition) is 0. The van der Waals surface area contributed by atoms with E-state index < -0.39 is 0 Å². The maximum Gasteiger partial charge on any atom is 0.330 e. The molecule has 0 aliphatic heterocycles. The number of aromatic nitrogens is 1. The fourth-order valence-corrected chi connectivity index (χ4v) is 2.81. The average Bonchev–Trinajstić information content (AvgIpc) is 2.98. The zero-order chi connectivity index (χ0) is 17.6. The second-order valence-corrected chi connectivity index (χ2v) is 5.68. The highest BCUT2D eigenvalue weighted by Crippen LogP contribution is 2.23. The molecule has 25 heavy (non-hydrogen) atoms. The molecule has 2 aromatic carbocycles. The molecule has 3 aromatic rings. The Hall–Kier alpha value is -3.14. The van der Waals surface area contributed by atoms with Crippen molar-refractivity contribution < 1.29 is 14.3 Å². The largest absolute Gasteiger partial charge is 0.463 e. The third-order valence-electron chi connectivity index (χ3n) is 3.96. The maximum atomic E-state index is 11.4. The molecule has 0 bridgehead atoms. The Balaban J connectivity index is 1.94. The predicted molar refractivity (Wildman–Crippen MR) is 98.5 cm³/mol. The third kappa shape index (κ3) is 3.86. The molecule has 3 rings (SSSR count). The van der Waals surface area contributed by atoms with E-state index in [2.05, 4.69) is 16.7 Å². The van der Waals surface area contributed by atoms with E-state index >= 15 is 0 Å². The summed E-state index contributed by atoms with van der Waals surface area (Å²) in [7, 11) is 0. The zero-order valence-corrected chi connectivity index (χ0v) is 14.0. The molecule has 0 saturated heterocycles. The van der Waals surface area contributed by atoms with E-state index in [9.17, 15) is 9.59 Å². The number of aldehydes is 1. The van der Waals surface area contributed by atoms with Gasteiger partial charge in [-0.1, -0.05) is 36.4 Å². The summed E-state index contributed by atoms with van der Waals surface area (Å²) in [5.74, 6) is -0.375. The van der Waals surface area contributed by atoms with Crippen LogP contribution in [0.3, 0.4) is 0 Å². The molecule has 4 heteroatoms. The molecule has 1 aromatic heterocycles. The number of ether oxygens (including phenoxy) is 1. The van der Waals surface area contributed by atoms with Crippen LogP contribution in [0.2, 0.25) is 0 Å². The summed E-state index contributed by atoms with van der Waals surface area (Å²) >= 11 is 0. The highest BCUT2D eigenvalue weighted by Gasteiger charge is 2.09. The lowest BCUT2D eigenvalue weighted by molar-refractivity contribution is -0.137. The summed E-state index contributed by atoms with van der Waals surface area (Å²) in [6.07, 6.45) is 5.82. The van der Waals surface area contributed by atoms with E-state index in [1.165, 1.54) is 11.6 Å². The molecular formula is C21H19NO3. The lowest BCUT2D eigenvalue weighted by atomic mass is 10.1. The average molecular weight is 333 g/mol. The molecule has 0 N–H and O–H groups in total. The molecule has 0 saturated carbocycles. The number of fused-ring (bicyclic) bond motifs is 1. The van der Waals surface area contributed by atoms with Crippen molar-refractivity contribution in [3.8, 4) is 0 Å². The number of carbonyl (C=O) groups is 2. The van der Waals surface area contributed by atoms with Gasteiger partial charge >= 0.3 is 5.97 Å². The summed E-state index contributed by atoms with van der Waals surface area (Å²) < 4.78 is 6.94. The Bertz CT molecular complexity index is 923. The van der Waals surface area contributed by atoms with Gasteiger partial charge in [0.15, 0.2) is 6.29 Å². The van der Waals surface area contributed by atoms with Gasteiger partial charge in [0.1, 0.15) is 0 Å². The first-order valence-electron chi connectivity index (χ1n) is 8.18. The second kappa shape index (κ2) is 7.62. The van der Waals surface area contributed by atoms with Crippen LogP contribution in [-0.2, 0) is 16.1 Å². The number of benzene rings is 2. The van der Waals surface area contributed by atoms with Crippen molar-refractivity contribution in [3.63, 3.8) is 0 Å². The van der Waals surface area contributed by atoms with Gasteiger partial charge in [-0.15, -0.1) is 0 Å². The molecule has 0 aliphatic carbocycles. The minimum absolute atomic E-state index is 0.347. The lowest BCUT2D eigenvalue weighted by Gasteiger charge is -2.05. The standard InChI is InChI=1S/C21H19NO3/c1-2-25-21(24)11-9-16-8-10-20-19(12-16)18(15-23)14-22(20)13-17-6-4-3-5-7-17/h3-12,14-15H,2,13H2,1H3. The van der Waals surface area contributed by atoms with Crippen LogP contribution in [0.4, 0.5) is 0 Å². The van der Waals surface area contributed by atoms with E-state index in [0.29, 0.717) is 18.7 Å². The molecule has 0 unspecified atom stereocenters. The van der Waals surface area contributed by atoms with Gasteiger partial charge in [-0.25, -0.2) is 4.79 Å². The van der Waals surface area contributed by atoms with Gasteiger partial charge < -0.3 is 9.30 Å². The Morgan fingerprint density at radius 3 is 2.68 bits per heavy atom. The van der Waals surface area contributed by atoms with Crippen LogP contribution in [0.1, 0.15) is 28.4 Å². The van der Waals surface area contributed by atoms with Crippen LogP contribution < -0.4 is 0 Å². The van der Waals surface area contributed by atoms with E-state index in [1.807, 2.05) is 42.6 Å². The minimum Gasteiger partial charge on any atom is -0.463 e. The van der Waals surface area contributed by atoms with Crippen LogP contribution >= 0.6 is 0 Å². The fraction of sp³-hybridized carbons (Fsp3) is 0.143. The van der Waals surface area contributed by atoms with Crippen molar-refractivity contribution in [3.05, 3.63) is 77.5 Å². The maximum absolute atomic E-state index is 11.4. The SMILES string of the molecule is CCOC(=O)C=Cc1ccc2c(c1)c(C=O)cn2Cc1ccccc1. The molecule has 0 fully saturated rings. The Morgan fingerprint density at radius 2 is 1.96 bits per heavy atom. The van der Waals surface area contributed by atoms with Crippen molar-refractivity contribution in [1.29, 1.82) is 0 Å². The predicted octanol–water partition coefficient (Wildman–Crippen LogP) is 4.08. The van der Waals surface area contributed by atoms with Crippen LogP contribution in [0.5, 0.6) is 0 Å². The normalized spacial score (nSPS) is 11.1. The van der Waals surface area contributed by atoms with Gasteiger partial charge in [-0.2, -0.15) is 0 Å². The molecule has 0 aliphatic rings. The highest BCUT2D eigenvalue weighted by molar-refractivity contribution is 5.99. The number of rotatable bonds is 6. The first-order chi connectivity index (χ1) is 12.2. The van der Waals surface area contributed by atoms with Gasteiger partial charge in [0.2, 0.25) is 0 Å². The summed E-state index contributed by atoms with van der Waals surface area (Å²) in [4.78, 5) is 22.9. The summed E-state index contributed by atoms with van der Waals surface area (Å²) in [6.45, 7) is 2.81. The van der Waals surface area contributed by atoms with Crippen molar-refractivity contribution in [2.75, 3.05) is 6.61 Å². The van der Waals surface area contributed by atoms with Crippen LogP contribution in [0, 0.1) is 0 Å². The number of carbonyl (C=O) groups excluding carboxylic acids is 2. The lowest BCUT2D eigenvalue weighted by Crippen LogP contribution is -1.98. The minimum atomic E-state index is -0.375. The molecule has 0 spiro atoms. The monoisotopic (exact) mass is 333 g/mol. The molecule has 0 amide bonds. The second-order valence-electron chi connectivity index (χ2n) is 5.68. The molecule has 126 valence electrons. The van der Waals surface area contributed by atoms with Crippen LogP contribution in [-0.4, -0.2) is 23.4 Å².